The quantitative estimate of drug-likeness (QED) is 0.781. The number of carbonyl (C=O) groups excluding carboxylic acids is 2. The Morgan fingerprint density at radius 3 is 2.90 bits per heavy atom. The van der Waals surface area contributed by atoms with Crippen LogP contribution in [0.1, 0.15) is 31.2 Å². The number of likely N-dealkylation sites (tertiary alicyclic amines) is 1. The maximum atomic E-state index is 12.5. The van der Waals surface area contributed by atoms with Crippen LogP contribution >= 0.6 is 15.9 Å². The molecule has 1 aromatic carbocycles. The molecule has 0 spiro atoms. The molecule has 2 rings (SSSR count). The van der Waals surface area contributed by atoms with Gasteiger partial charge in [0.05, 0.1) is 20.0 Å². The zero-order valence-corrected chi connectivity index (χ0v) is 13.8. The summed E-state index contributed by atoms with van der Waals surface area (Å²) in [5, 5.41) is 0. The molecule has 1 heterocycles. The summed E-state index contributed by atoms with van der Waals surface area (Å²) in [6.07, 6.45) is 3.60. The molecule has 1 unspecified atom stereocenters. The Morgan fingerprint density at radius 2 is 2.19 bits per heavy atom. The van der Waals surface area contributed by atoms with Crippen molar-refractivity contribution in [2.24, 2.45) is 0 Å². The minimum absolute atomic E-state index is 0.0224. The molecule has 1 saturated heterocycles. The van der Waals surface area contributed by atoms with Crippen molar-refractivity contribution < 1.29 is 14.3 Å². The van der Waals surface area contributed by atoms with E-state index in [9.17, 15) is 9.59 Å². The molecule has 1 atom stereocenters. The number of halogens is 1. The fourth-order valence-electron chi connectivity index (χ4n) is 2.74. The van der Waals surface area contributed by atoms with Gasteiger partial charge >= 0.3 is 5.97 Å². The lowest BCUT2D eigenvalue weighted by atomic mass is 9.98. The molecule has 0 radical (unpaired) electrons. The fourth-order valence-corrected chi connectivity index (χ4v) is 3.19. The molecule has 0 aromatic heterocycles. The van der Waals surface area contributed by atoms with Crippen molar-refractivity contribution in [1.29, 1.82) is 0 Å². The van der Waals surface area contributed by atoms with E-state index in [2.05, 4.69) is 15.9 Å². The average Bonchev–Trinajstić information content (AvgIpc) is 2.47. The smallest absolute Gasteiger partial charge is 0.307 e. The Balaban J connectivity index is 2.02. The maximum absolute atomic E-state index is 12.5. The number of piperidine rings is 1. The van der Waals surface area contributed by atoms with Crippen LogP contribution in [0.5, 0.6) is 0 Å². The molecule has 1 amide bonds. The summed E-state index contributed by atoms with van der Waals surface area (Å²) in [6, 6.07) is 7.74. The van der Waals surface area contributed by atoms with Gasteiger partial charge in [-0.05, 0) is 37.0 Å². The second-order valence-corrected chi connectivity index (χ2v) is 6.24. The van der Waals surface area contributed by atoms with Crippen LogP contribution in [-0.4, -0.2) is 36.5 Å². The largest absolute Gasteiger partial charge is 0.469 e. The van der Waals surface area contributed by atoms with Gasteiger partial charge in [-0.2, -0.15) is 0 Å². The zero-order chi connectivity index (χ0) is 15.2. The molecule has 5 heteroatoms. The summed E-state index contributed by atoms with van der Waals surface area (Å²) in [4.78, 5) is 25.9. The number of methoxy groups -OCH3 is 1. The van der Waals surface area contributed by atoms with Gasteiger partial charge in [-0.25, -0.2) is 0 Å². The Hall–Kier alpha value is -1.36. The summed E-state index contributed by atoms with van der Waals surface area (Å²) >= 11 is 3.42. The first-order chi connectivity index (χ1) is 10.1. The molecular weight excluding hydrogens is 334 g/mol. The van der Waals surface area contributed by atoms with Crippen molar-refractivity contribution >= 4 is 27.8 Å². The van der Waals surface area contributed by atoms with Gasteiger partial charge in [-0.1, -0.05) is 28.1 Å². The summed E-state index contributed by atoms with van der Waals surface area (Å²) in [7, 11) is 1.39. The average molecular weight is 354 g/mol. The van der Waals surface area contributed by atoms with Crippen LogP contribution < -0.4 is 0 Å². The zero-order valence-electron chi connectivity index (χ0n) is 12.2. The lowest BCUT2D eigenvalue weighted by Gasteiger charge is -2.35. The second-order valence-electron chi connectivity index (χ2n) is 5.32. The van der Waals surface area contributed by atoms with Gasteiger partial charge in [-0.3, -0.25) is 9.59 Å². The number of rotatable bonds is 4. The van der Waals surface area contributed by atoms with E-state index in [0.717, 1.165) is 35.8 Å². The third-order valence-corrected chi connectivity index (χ3v) is 4.32. The summed E-state index contributed by atoms with van der Waals surface area (Å²) < 4.78 is 5.70. The Bertz CT molecular complexity index is 518. The Morgan fingerprint density at radius 1 is 1.38 bits per heavy atom. The van der Waals surface area contributed by atoms with Crippen molar-refractivity contribution in [1.82, 2.24) is 4.90 Å². The van der Waals surface area contributed by atoms with Crippen LogP contribution in [-0.2, 0) is 20.7 Å². The summed E-state index contributed by atoms with van der Waals surface area (Å²) in [5.74, 6) is -0.163. The number of amides is 1. The molecule has 0 aliphatic carbocycles. The molecule has 1 aliphatic heterocycles. The van der Waals surface area contributed by atoms with E-state index in [1.165, 1.54) is 7.11 Å². The van der Waals surface area contributed by atoms with Crippen molar-refractivity contribution in [2.75, 3.05) is 13.7 Å². The Labute approximate surface area is 133 Å². The minimum Gasteiger partial charge on any atom is -0.469 e. The number of hydrogen-bond donors (Lipinski definition) is 0. The van der Waals surface area contributed by atoms with Crippen LogP contribution in [0, 0.1) is 0 Å². The van der Waals surface area contributed by atoms with E-state index in [4.69, 9.17) is 4.74 Å². The summed E-state index contributed by atoms with van der Waals surface area (Å²) in [5.41, 5.74) is 0.983. The number of esters is 1. The molecule has 0 N–H and O–H groups in total. The number of benzene rings is 1. The van der Waals surface area contributed by atoms with E-state index in [-0.39, 0.29) is 17.9 Å². The minimum atomic E-state index is -0.248. The fraction of sp³-hybridized carbons (Fsp3) is 0.500. The topological polar surface area (TPSA) is 46.6 Å². The van der Waals surface area contributed by atoms with E-state index < -0.39 is 0 Å². The van der Waals surface area contributed by atoms with Gasteiger partial charge in [-0.15, -0.1) is 0 Å². The normalized spacial score (nSPS) is 18.4. The highest BCUT2D eigenvalue weighted by molar-refractivity contribution is 9.10. The maximum Gasteiger partial charge on any atom is 0.307 e. The third-order valence-electron chi connectivity index (χ3n) is 3.82. The molecule has 0 bridgehead atoms. The highest BCUT2D eigenvalue weighted by atomic mass is 79.9. The molecule has 1 aromatic rings. The van der Waals surface area contributed by atoms with E-state index in [0.29, 0.717) is 12.8 Å². The van der Waals surface area contributed by atoms with Crippen LogP contribution in [0.25, 0.3) is 0 Å². The van der Waals surface area contributed by atoms with Crippen LogP contribution in [0.4, 0.5) is 0 Å². The van der Waals surface area contributed by atoms with E-state index in [1.807, 2.05) is 29.2 Å². The van der Waals surface area contributed by atoms with Crippen molar-refractivity contribution in [3.8, 4) is 0 Å². The first-order valence-electron chi connectivity index (χ1n) is 7.21. The molecular formula is C16H20BrNO3. The first-order valence-corrected chi connectivity index (χ1v) is 8.00. The highest BCUT2D eigenvalue weighted by Gasteiger charge is 2.28. The SMILES string of the molecule is COC(=O)CC1CCCCN1C(=O)Cc1cccc(Br)c1. The number of carbonyl (C=O) groups is 2. The highest BCUT2D eigenvalue weighted by Crippen LogP contribution is 2.22. The van der Waals surface area contributed by atoms with Crippen LogP contribution in [0.3, 0.4) is 0 Å². The van der Waals surface area contributed by atoms with Crippen molar-refractivity contribution in [3.05, 3.63) is 34.3 Å². The van der Waals surface area contributed by atoms with Gasteiger partial charge in [0.15, 0.2) is 0 Å². The van der Waals surface area contributed by atoms with Crippen LogP contribution in [0.15, 0.2) is 28.7 Å². The molecule has 1 fully saturated rings. The predicted octanol–water partition coefficient (Wildman–Crippen LogP) is 2.94. The molecule has 4 nitrogen and oxygen atoms in total. The predicted molar refractivity (Wildman–Crippen MR) is 83.8 cm³/mol. The van der Waals surface area contributed by atoms with Gasteiger partial charge in [0.2, 0.25) is 5.91 Å². The lowest BCUT2D eigenvalue weighted by molar-refractivity contribution is -0.144. The van der Waals surface area contributed by atoms with Gasteiger partial charge in [0.1, 0.15) is 0 Å². The van der Waals surface area contributed by atoms with Gasteiger partial charge < -0.3 is 9.64 Å². The van der Waals surface area contributed by atoms with Gasteiger partial charge in [0, 0.05) is 17.1 Å². The number of ether oxygens (including phenoxy) is 1. The molecule has 114 valence electrons. The van der Waals surface area contributed by atoms with Gasteiger partial charge in [0.25, 0.3) is 0 Å². The summed E-state index contributed by atoms with van der Waals surface area (Å²) in [6.45, 7) is 0.731. The van der Waals surface area contributed by atoms with E-state index in [1.54, 1.807) is 0 Å². The van der Waals surface area contributed by atoms with Crippen molar-refractivity contribution in [3.63, 3.8) is 0 Å². The second kappa shape index (κ2) is 7.59. The Kier molecular flexibility index (Phi) is 5.79. The third kappa shape index (κ3) is 4.56. The monoisotopic (exact) mass is 353 g/mol. The van der Waals surface area contributed by atoms with Crippen molar-refractivity contribution in [2.45, 2.75) is 38.1 Å². The lowest BCUT2D eigenvalue weighted by Crippen LogP contribution is -2.45. The molecule has 0 saturated carbocycles. The molecule has 1 aliphatic rings. The molecule has 21 heavy (non-hydrogen) atoms. The standard InChI is InChI=1S/C16H20BrNO3/c1-21-16(20)11-14-7-2-3-8-18(14)15(19)10-12-5-4-6-13(17)9-12/h4-6,9,14H,2-3,7-8,10-11H2,1H3. The number of hydrogen-bond acceptors (Lipinski definition) is 3. The van der Waals surface area contributed by atoms with E-state index >= 15 is 0 Å². The van der Waals surface area contributed by atoms with Crippen LogP contribution in [0.2, 0.25) is 0 Å². The number of nitrogens with zero attached hydrogens (tertiary/aromatic N) is 1. The first kappa shape index (κ1) is 16.0.